The van der Waals surface area contributed by atoms with Crippen molar-refractivity contribution < 1.29 is 23.9 Å². The highest BCUT2D eigenvalue weighted by atomic mass is 16.6. The van der Waals surface area contributed by atoms with Gasteiger partial charge in [0, 0.05) is 27.1 Å². The van der Waals surface area contributed by atoms with Crippen LogP contribution in [0.2, 0.25) is 0 Å². The highest BCUT2D eigenvalue weighted by Gasteiger charge is 2.22. The van der Waals surface area contributed by atoms with Crippen LogP contribution in [0, 0.1) is 0 Å². The maximum Gasteiger partial charge on any atom is 0.407 e. The lowest BCUT2D eigenvalue weighted by Crippen LogP contribution is -2.49. The SMILES string of the molecule is CCC(=O)NCC(=O)NC(CCCCNC(=O)OC(C)(C)C)C(=O)N(C)C. The van der Waals surface area contributed by atoms with Crippen LogP contribution in [0.15, 0.2) is 0 Å². The van der Waals surface area contributed by atoms with Gasteiger partial charge in [-0.15, -0.1) is 0 Å². The van der Waals surface area contributed by atoms with Crippen LogP contribution in [0.5, 0.6) is 0 Å². The number of carbonyl (C=O) groups is 4. The number of ether oxygens (including phenoxy) is 1. The number of nitrogens with zero attached hydrogens (tertiary/aromatic N) is 1. The van der Waals surface area contributed by atoms with E-state index in [-0.39, 0.29) is 24.8 Å². The Morgan fingerprint density at radius 2 is 1.63 bits per heavy atom. The number of hydrogen-bond acceptors (Lipinski definition) is 5. The van der Waals surface area contributed by atoms with Gasteiger partial charge in [-0.25, -0.2) is 4.79 Å². The zero-order valence-electron chi connectivity index (χ0n) is 17.3. The molecule has 3 N–H and O–H groups in total. The van der Waals surface area contributed by atoms with E-state index in [1.807, 2.05) is 0 Å². The van der Waals surface area contributed by atoms with E-state index in [1.165, 1.54) is 4.90 Å². The van der Waals surface area contributed by atoms with Gasteiger partial charge in [0.2, 0.25) is 17.7 Å². The van der Waals surface area contributed by atoms with Crippen molar-refractivity contribution in [1.82, 2.24) is 20.9 Å². The van der Waals surface area contributed by atoms with Crippen molar-refractivity contribution in [3.63, 3.8) is 0 Å². The number of amides is 4. The molecular weight excluding hydrogens is 352 g/mol. The normalized spacial score (nSPS) is 11.9. The number of alkyl carbamates (subject to hydrolysis) is 1. The lowest BCUT2D eigenvalue weighted by Gasteiger charge is -2.22. The molecule has 27 heavy (non-hydrogen) atoms. The summed E-state index contributed by atoms with van der Waals surface area (Å²) >= 11 is 0. The highest BCUT2D eigenvalue weighted by molar-refractivity contribution is 5.89. The highest BCUT2D eigenvalue weighted by Crippen LogP contribution is 2.07. The number of carbonyl (C=O) groups excluding carboxylic acids is 4. The molecule has 0 heterocycles. The van der Waals surface area contributed by atoms with Gasteiger partial charge in [-0.3, -0.25) is 14.4 Å². The summed E-state index contributed by atoms with van der Waals surface area (Å²) in [5.41, 5.74) is -0.551. The molecular formula is C18H34N4O5. The molecule has 0 bridgehead atoms. The van der Waals surface area contributed by atoms with Gasteiger partial charge in [-0.1, -0.05) is 6.92 Å². The molecule has 0 aromatic heterocycles. The summed E-state index contributed by atoms with van der Waals surface area (Å²) in [6.07, 6.45) is 1.50. The maximum atomic E-state index is 12.2. The Hall–Kier alpha value is -2.32. The monoisotopic (exact) mass is 386 g/mol. The number of rotatable bonds is 10. The zero-order valence-corrected chi connectivity index (χ0v) is 17.3. The molecule has 0 aliphatic heterocycles. The van der Waals surface area contributed by atoms with Crippen LogP contribution in [0.4, 0.5) is 4.79 Å². The van der Waals surface area contributed by atoms with Gasteiger partial charge >= 0.3 is 6.09 Å². The molecule has 0 aromatic carbocycles. The summed E-state index contributed by atoms with van der Waals surface area (Å²) in [7, 11) is 3.23. The first-order valence-electron chi connectivity index (χ1n) is 9.20. The van der Waals surface area contributed by atoms with Crippen molar-refractivity contribution in [3.05, 3.63) is 0 Å². The quantitative estimate of drug-likeness (QED) is 0.480. The second-order valence-corrected chi connectivity index (χ2v) is 7.41. The Balaban J connectivity index is 4.35. The fourth-order valence-corrected chi connectivity index (χ4v) is 2.10. The summed E-state index contributed by atoms with van der Waals surface area (Å²) < 4.78 is 5.14. The molecule has 1 atom stereocenters. The van der Waals surface area contributed by atoms with Gasteiger partial charge in [0.15, 0.2) is 0 Å². The average Bonchev–Trinajstić information content (AvgIpc) is 2.55. The van der Waals surface area contributed by atoms with E-state index in [2.05, 4.69) is 16.0 Å². The fourth-order valence-electron chi connectivity index (χ4n) is 2.10. The van der Waals surface area contributed by atoms with Gasteiger partial charge in [-0.2, -0.15) is 0 Å². The summed E-state index contributed by atoms with van der Waals surface area (Å²) in [6.45, 7) is 7.31. The Kier molecular flexibility index (Phi) is 11.1. The second kappa shape index (κ2) is 12.1. The number of unbranched alkanes of at least 4 members (excludes halogenated alkanes) is 1. The fraction of sp³-hybridized carbons (Fsp3) is 0.778. The molecule has 0 saturated carbocycles. The van der Waals surface area contributed by atoms with Crippen LogP contribution >= 0.6 is 0 Å². The molecule has 0 spiro atoms. The van der Waals surface area contributed by atoms with Crippen molar-refractivity contribution >= 4 is 23.8 Å². The number of hydrogen-bond donors (Lipinski definition) is 3. The average molecular weight is 386 g/mol. The largest absolute Gasteiger partial charge is 0.444 e. The van der Waals surface area contributed by atoms with Crippen LogP contribution in [-0.4, -0.2) is 67.5 Å². The third kappa shape index (κ3) is 12.6. The number of likely N-dealkylation sites (N-methyl/N-ethyl adjacent to an activating group) is 1. The Labute approximate surface area is 161 Å². The summed E-state index contributed by atoms with van der Waals surface area (Å²) in [5.74, 6) is -0.858. The zero-order chi connectivity index (χ0) is 21.0. The molecule has 0 aliphatic rings. The summed E-state index contributed by atoms with van der Waals surface area (Å²) in [4.78, 5) is 48.4. The van der Waals surface area contributed by atoms with Gasteiger partial charge in [0.05, 0.1) is 6.54 Å². The molecule has 0 rings (SSSR count). The minimum atomic E-state index is -0.674. The first-order chi connectivity index (χ1) is 12.5. The third-order valence-corrected chi connectivity index (χ3v) is 3.43. The van der Waals surface area contributed by atoms with Crippen LogP contribution in [0.25, 0.3) is 0 Å². The molecule has 0 saturated heterocycles. The lowest BCUT2D eigenvalue weighted by atomic mass is 10.1. The summed E-state index contributed by atoms with van der Waals surface area (Å²) in [6, 6.07) is -0.674. The first kappa shape index (κ1) is 24.7. The molecule has 0 aliphatic carbocycles. The van der Waals surface area contributed by atoms with E-state index < -0.39 is 23.6 Å². The first-order valence-corrected chi connectivity index (χ1v) is 9.20. The second-order valence-electron chi connectivity index (χ2n) is 7.41. The van der Waals surface area contributed by atoms with Gasteiger partial charge < -0.3 is 25.6 Å². The third-order valence-electron chi connectivity index (χ3n) is 3.43. The Bertz CT molecular complexity index is 514. The summed E-state index contributed by atoms with van der Waals surface area (Å²) in [5, 5.41) is 7.78. The molecule has 156 valence electrons. The van der Waals surface area contributed by atoms with Crippen molar-refractivity contribution in [2.24, 2.45) is 0 Å². The van der Waals surface area contributed by atoms with Crippen molar-refractivity contribution in [2.75, 3.05) is 27.2 Å². The van der Waals surface area contributed by atoms with E-state index in [1.54, 1.807) is 41.8 Å². The lowest BCUT2D eigenvalue weighted by molar-refractivity contribution is -0.134. The molecule has 4 amide bonds. The predicted octanol–water partition coefficient (Wildman–Crippen LogP) is 0.781. The van der Waals surface area contributed by atoms with Crippen LogP contribution < -0.4 is 16.0 Å². The topological polar surface area (TPSA) is 117 Å². The van der Waals surface area contributed by atoms with E-state index in [0.29, 0.717) is 25.8 Å². The Morgan fingerprint density at radius 1 is 1.00 bits per heavy atom. The standard InChI is InChI=1S/C18H34N4O5/c1-7-14(23)20-12-15(24)21-13(16(25)22(5)6)10-8-9-11-19-17(26)27-18(2,3)4/h13H,7-12H2,1-6H3,(H,19,26)(H,20,23)(H,21,24). The molecule has 0 aromatic rings. The Morgan fingerprint density at radius 3 is 2.15 bits per heavy atom. The van der Waals surface area contributed by atoms with Gasteiger partial charge in [0.1, 0.15) is 11.6 Å². The van der Waals surface area contributed by atoms with Gasteiger partial charge in [-0.05, 0) is 40.0 Å². The van der Waals surface area contributed by atoms with E-state index in [4.69, 9.17) is 4.74 Å². The van der Waals surface area contributed by atoms with Crippen LogP contribution in [0.1, 0.15) is 53.4 Å². The van der Waals surface area contributed by atoms with Crippen LogP contribution in [-0.2, 0) is 19.1 Å². The molecule has 0 radical (unpaired) electrons. The molecule has 0 fully saturated rings. The number of nitrogens with one attached hydrogen (secondary N) is 3. The minimum Gasteiger partial charge on any atom is -0.444 e. The van der Waals surface area contributed by atoms with Gasteiger partial charge in [0.25, 0.3) is 0 Å². The predicted molar refractivity (Wildman–Crippen MR) is 102 cm³/mol. The van der Waals surface area contributed by atoms with Crippen molar-refractivity contribution in [1.29, 1.82) is 0 Å². The van der Waals surface area contributed by atoms with E-state index in [9.17, 15) is 19.2 Å². The smallest absolute Gasteiger partial charge is 0.407 e. The molecule has 9 heteroatoms. The van der Waals surface area contributed by atoms with Crippen molar-refractivity contribution in [2.45, 2.75) is 65.0 Å². The molecule has 9 nitrogen and oxygen atoms in total. The van der Waals surface area contributed by atoms with Crippen molar-refractivity contribution in [3.8, 4) is 0 Å². The minimum absolute atomic E-state index is 0.163. The maximum absolute atomic E-state index is 12.2. The van der Waals surface area contributed by atoms with E-state index >= 15 is 0 Å². The van der Waals surface area contributed by atoms with Crippen LogP contribution in [0.3, 0.4) is 0 Å². The van der Waals surface area contributed by atoms with E-state index in [0.717, 1.165) is 0 Å². The molecule has 1 unspecified atom stereocenters.